The Balaban J connectivity index is 0.00000280. The molecule has 8 atom stereocenters. The molecule has 0 aromatic carbocycles. The van der Waals surface area contributed by atoms with Gasteiger partial charge in [-0.15, -0.1) is 17.2 Å². The minimum absolute atomic E-state index is 0. The first-order chi connectivity index (χ1) is 18.0. The van der Waals surface area contributed by atoms with Crippen molar-refractivity contribution >= 4 is 37.4 Å². The zero-order valence-electron chi connectivity index (χ0n) is 24.8. The summed E-state index contributed by atoms with van der Waals surface area (Å²) in [6.45, 7) is 0. The maximum Gasteiger partial charge on any atom is 1.00 e. The van der Waals surface area contributed by atoms with Gasteiger partial charge in [0, 0.05) is 24.7 Å². The van der Waals surface area contributed by atoms with Crippen LogP contribution in [0.25, 0.3) is 0 Å². The molecule has 0 heterocycles. The molecule has 4 fully saturated rings. The van der Waals surface area contributed by atoms with Crippen molar-refractivity contribution in [3.63, 3.8) is 0 Å². The summed E-state index contributed by atoms with van der Waals surface area (Å²) < 4.78 is 81.5. The average Bonchev–Trinajstić information content (AvgIpc) is 2.88. The minimum atomic E-state index is -4.20. The Kier molecular flexibility index (Phi) is 17.0. The fourth-order valence-corrected chi connectivity index (χ4v) is 14.3. The maximum atomic E-state index is 11.5. The van der Waals surface area contributed by atoms with Gasteiger partial charge in [0.1, 0.15) is 0 Å². The second-order valence-electron chi connectivity index (χ2n) is 12.0. The van der Waals surface area contributed by atoms with Gasteiger partial charge in [-0.3, -0.25) is 0 Å². The average molecular weight is 659 g/mol. The molecule has 4 saturated carbocycles. The SMILES string of the molecule is COC1CCCC(PC2CCC(S(=O)(=O)[O-])CC2)C1C1C(OC)CCCC1PC1CCC(S(=O)(=O)[O-])CC1.[Na+].[Na+]. The molecule has 0 bridgehead atoms. The van der Waals surface area contributed by atoms with E-state index in [2.05, 4.69) is 0 Å². The standard InChI is InChI=1S/C26H48O8P2S2.2Na/c1-33-21-5-3-7-23(35-17-9-13-19(14-10-17)37(27,28)29)25(21)26-22(34-2)6-4-8-24(26)36-18-11-15-20(16-12-18)38(30,31)32;;/h17-26,35-36H,3-16H2,1-2H3,(H,27,28,29)(H,30,31,32);;/q;2*+1/p-2. The van der Waals surface area contributed by atoms with E-state index in [1.54, 1.807) is 0 Å². The van der Waals surface area contributed by atoms with Crippen LogP contribution in [0.1, 0.15) is 89.9 Å². The second-order valence-corrected chi connectivity index (χ2v) is 19.1. The van der Waals surface area contributed by atoms with Crippen LogP contribution in [0.5, 0.6) is 0 Å². The third kappa shape index (κ3) is 10.3. The van der Waals surface area contributed by atoms with Gasteiger partial charge in [0.05, 0.1) is 32.4 Å². The van der Waals surface area contributed by atoms with E-state index in [9.17, 15) is 25.9 Å². The van der Waals surface area contributed by atoms with Gasteiger partial charge < -0.3 is 18.6 Å². The van der Waals surface area contributed by atoms with Crippen molar-refractivity contribution in [2.75, 3.05) is 14.2 Å². The summed E-state index contributed by atoms with van der Waals surface area (Å²) in [5.74, 6) is 0.795. The van der Waals surface area contributed by atoms with Crippen molar-refractivity contribution in [2.45, 2.75) is 135 Å². The molecule has 4 rings (SSSR count). The van der Waals surface area contributed by atoms with Gasteiger partial charge in [0.15, 0.2) is 0 Å². The van der Waals surface area contributed by atoms with Crippen molar-refractivity contribution in [1.29, 1.82) is 0 Å². The normalized spacial score (nSPS) is 40.1. The van der Waals surface area contributed by atoms with E-state index >= 15 is 0 Å². The van der Waals surface area contributed by atoms with Gasteiger partial charge in [0.2, 0.25) is 0 Å². The molecule has 0 radical (unpaired) electrons. The third-order valence-electron chi connectivity index (χ3n) is 9.91. The monoisotopic (exact) mass is 658 g/mol. The Bertz CT molecular complexity index is 895. The summed E-state index contributed by atoms with van der Waals surface area (Å²) in [6.07, 6.45) is 12.3. The van der Waals surface area contributed by atoms with Crippen LogP contribution in [0, 0.1) is 11.8 Å². The fraction of sp³-hybridized carbons (Fsp3) is 1.00. The molecular weight excluding hydrogens is 612 g/mol. The first-order valence-electron chi connectivity index (χ1n) is 14.5. The smallest absolute Gasteiger partial charge is 0.748 e. The van der Waals surface area contributed by atoms with Crippen LogP contribution in [0.4, 0.5) is 0 Å². The van der Waals surface area contributed by atoms with Gasteiger partial charge >= 0.3 is 59.1 Å². The number of ether oxygens (including phenoxy) is 2. The molecule has 222 valence electrons. The molecule has 0 aliphatic heterocycles. The molecule has 0 saturated heterocycles. The zero-order chi connectivity index (χ0) is 27.5. The van der Waals surface area contributed by atoms with Gasteiger partial charge in [-0.1, -0.05) is 12.8 Å². The summed E-state index contributed by atoms with van der Waals surface area (Å²) in [5.41, 5.74) is 2.00. The van der Waals surface area contributed by atoms with E-state index < -0.39 is 30.7 Å². The molecule has 0 amide bonds. The van der Waals surface area contributed by atoms with Crippen molar-refractivity contribution in [3.05, 3.63) is 0 Å². The second kappa shape index (κ2) is 17.5. The molecule has 8 unspecified atom stereocenters. The number of methoxy groups -OCH3 is 2. The Labute approximate surface area is 290 Å². The van der Waals surface area contributed by atoms with E-state index in [0.717, 1.165) is 81.4 Å². The largest absolute Gasteiger partial charge is 1.00 e. The van der Waals surface area contributed by atoms with Crippen molar-refractivity contribution < 1.29 is 94.5 Å². The molecule has 4 aliphatic carbocycles. The molecule has 14 heteroatoms. The predicted molar refractivity (Wildman–Crippen MR) is 152 cm³/mol. The van der Waals surface area contributed by atoms with E-state index in [1.165, 1.54) is 0 Å². The first-order valence-corrected chi connectivity index (χ1v) is 19.7. The molecule has 0 aromatic rings. The fourth-order valence-electron chi connectivity index (χ4n) is 7.98. The quantitative estimate of drug-likeness (QED) is 0.165. The van der Waals surface area contributed by atoms with E-state index in [4.69, 9.17) is 9.47 Å². The molecule has 4 aliphatic rings. The summed E-state index contributed by atoms with van der Waals surface area (Å²) in [7, 11) is -3.24. The molecule has 0 N–H and O–H groups in total. The first kappa shape index (κ1) is 38.8. The molecule has 0 spiro atoms. The van der Waals surface area contributed by atoms with Gasteiger partial charge in [0.25, 0.3) is 0 Å². The topological polar surface area (TPSA) is 133 Å². The summed E-state index contributed by atoms with van der Waals surface area (Å²) in [6, 6.07) is 0. The Morgan fingerprint density at radius 3 is 1.15 bits per heavy atom. The van der Waals surface area contributed by atoms with Crippen molar-refractivity contribution in [2.24, 2.45) is 11.8 Å². The van der Waals surface area contributed by atoms with Crippen LogP contribution in [-0.4, -0.2) is 85.5 Å². The Morgan fingerprint density at radius 2 is 0.875 bits per heavy atom. The van der Waals surface area contributed by atoms with E-state index in [1.807, 2.05) is 14.2 Å². The molecule has 0 aromatic heterocycles. The van der Waals surface area contributed by atoms with Crippen LogP contribution < -0.4 is 59.1 Å². The van der Waals surface area contributed by atoms with Crippen LogP contribution in [0.3, 0.4) is 0 Å². The molecule has 8 nitrogen and oxygen atoms in total. The number of hydrogen-bond acceptors (Lipinski definition) is 8. The summed E-state index contributed by atoms with van der Waals surface area (Å²) in [4.78, 5) is 0. The van der Waals surface area contributed by atoms with E-state index in [-0.39, 0.29) is 71.3 Å². The summed E-state index contributed by atoms with van der Waals surface area (Å²) >= 11 is 0. The van der Waals surface area contributed by atoms with Gasteiger partial charge in [-0.2, -0.15) is 0 Å². The van der Waals surface area contributed by atoms with Gasteiger partial charge in [-0.05, 0) is 112 Å². The minimum Gasteiger partial charge on any atom is -0.748 e. The van der Waals surface area contributed by atoms with Crippen LogP contribution >= 0.6 is 17.2 Å². The maximum absolute atomic E-state index is 11.5. The zero-order valence-corrected chi connectivity index (χ0v) is 32.4. The molecular formula is C26H46Na2O8P2S2. The van der Waals surface area contributed by atoms with Crippen LogP contribution in [0.2, 0.25) is 0 Å². The van der Waals surface area contributed by atoms with E-state index in [0.29, 0.717) is 60.2 Å². The number of hydrogen-bond donors (Lipinski definition) is 0. The third-order valence-corrected chi connectivity index (χ3v) is 16.8. The van der Waals surface area contributed by atoms with Crippen LogP contribution in [0.15, 0.2) is 0 Å². The van der Waals surface area contributed by atoms with Crippen molar-refractivity contribution in [1.82, 2.24) is 0 Å². The van der Waals surface area contributed by atoms with Crippen molar-refractivity contribution in [3.8, 4) is 0 Å². The Hall–Kier alpha value is 2.60. The molecule has 40 heavy (non-hydrogen) atoms. The number of rotatable bonds is 9. The van der Waals surface area contributed by atoms with Gasteiger partial charge in [-0.25, -0.2) is 16.8 Å². The summed E-state index contributed by atoms with van der Waals surface area (Å²) in [5, 5.41) is -1.43. The Morgan fingerprint density at radius 1 is 0.550 bits per heavy atom. The predicted octanol–water partition coefficient (Wildman–Crippen LogP) is -1.57. The van der Waals surface area contributed by atoms with Crippen LogP contribution in [-0.2, 0) is 29.7 Å².